The fraction of sp³-hybridized carbons (Fsp3) is 0.750. The first-order valence-corrected chi connectivity index (χ1v) is 11.9. The van der Waals surface area contributed by atoms with Gasteiger partial charge >= 0.3 is 24.0 Å². The Morgan fingerprint density at radius 1 is 1.00 bits per heavy atom. The molecular formula is C16H21BrCl3NO9S. The molecule has 1 heterocycles. The van der Waals surface area contributed by atoms with E-state index in [2.05, 4.69) is 21.2 Å². The van der Waals surface area contributed by atoms with Crippen LogP contribution in [0.1, 0.15) is 20.8 Å². The number of thioether (sulfide) groups is 1. The summed E-state index contributed by atoms with van der Waals surface area (Å²) in [4.78, 5) is 47.0. The number of ether oxygens (including phenoxy) is 5. The molecule has 31 heavy (non-hydrogen) atoms. The Balaban J connectivity index is 3.20. The van der Waals surface area contributed by atoms with Crippen molar-refractivity contribution in [2.75, 3.05) is 17.9 Å². The van der Waals surface area contributed by atoms with Crippen LogP contribution in [0.15, 0.2) is 0 Å². The van der Waals surface area contributed by atoms with Gasteiger partial charge in [0.25, 0.3) is 0 Å². The summed E-state index contributed by atoms with van der Waals surface area (Å²) in [6.07, 6.45) is -4.37. The Hall–Kier alpha value is -0.660. The molecule has 1 amide bonds. The van der Waals surface area contributed by atoms with Crippen LogP contribution >= 0.6 is 62.5 Å². The summed E-state index contributed by atoms with van der Waals surface area (Å²) < 4.78 is 24.9. The van der Waals surface area contributed by atoms with Gasteiger partial charge < -0.3 is 29.0 Å². The minimum atomic E-state index is -1.84. The molecule has 178 valence electrons. The summed E-state index contributed by atoms with van der Waals surface area (Å²) >= 11 is 21.2. The third-order valence-corrected chi connectivity index (χ3v) is 5.56. The van der Waals surface area contributed by atoms with Gasteiger partial charge in [0.15, 0.2) is 12.2 Å². The topological polar surface area (TPSA) is 126 Å². The van der Waals surface area contributed by atoms with Gasteiger partial charge in [-0.05, 0) is 0 Å². The Bertz CT molecular complexity index is 667. The van der Waals surface area contributed by atoms with Crippen LogP contribution in [-0.2, 0) is 38.1 Å². The van der Waals surface area contributed by atoms with Crippen LogP contribution in [0.3, 0.4) is 0 Å². The lowest BCUT2D eigenvalue weighted by Crippen LogP contribution is -2.65. The van der Waals surface area contributed by atoms with Crippen LogP contribution in [0.25, 0.3) is 0 Å². The van der Waals surface area contributed by atoms with Crippen LogP contribution < -0.4 is 5.32 Å². The average Bonchev–Trinajstić information content (AvgIpc) is 2.62. The van der Waals surface area contributed by atoms with Gasteiger partial charge in [0, 0.05) is 20.8 Å². The lowest BCUT2D eigenvalue weighted by atomic mass is 9.97. The fourth-order valence-corrected chi connectivity index (χ4v) is 4.31. The minimum absolute atomic E-state index is 0.283. The third kappa shape index (κ3) is 10.7. The highest BCUT2D eigenvalue weighted by Crippen LogP contribution is 2.33. The molecule has 1 N–H and O–H groups in total. The largest absolute Gasteiger partial charge is 0.463 e. The molecule has 1 fully saturated rings. The molecule has 0 bridgehead atoms. The highest BCUT2D eigenvalue weighted by molar-refractivity contribution is 9.11. The Kier molecular flexibility index (Phi) is 12.0. The Labute approximate surface area is 206 Å². The van der Waals surface area contributed by atoms with Gasteiger partial charge in [0.05, 0.1) is 4.66 Å². The van der Waals surface area contributed by atoms with Crippen LogP contribution in [-0.4, -0.2) is 75.5 Å². The van der Waals surface area contributed by atoms with E-state index in [0.29, 0.717) is 4.66 Å². The maximum Gasteiger partial charge on any atom is 0.407 e. The number of alkyl halides is 4. The Morgan fingerprint density at radius 2 is 1.58 bits per heavy atom. The van der Waals surface area contributed by atoms with Gasteiger partial charge in [0.1, 0.15) is 30.8 Å². The summed E-state index contributed by atoms with van der Waals surface area (Å²) in [5.41, 5.74) is -0.823. The van der Waals surface area contributed by atoms with Crippen molar-refractivity contribution in [2.24, 2.45) is 0 Å². The minimum Gasteiger partial charge on any atom is -0.463 e. The van der Waals surface area contributed by atoms with Gasteiger partial charge in [-0.2, -0.15) is 0 Å². The SMILES string of the molecule is CC(=O)OC[C@H]1O[C@@H](SCBr)[C@H](NC(=O)OCC(Cl)(Cl)Cl)[C@@H](OC(C)=O)[C@@H]1OC(C)=O. The molecule has 1 aliphatic rings. The molecule has 1 rings (SSSR count). The normalized spacial score (nSPS) is 25.8. The molecular weight excluding hydrogens is 569 g/mol. The van der Waals surface area contributed by atoms with Crippen LogP contribution in [0, 0.1) is 0 Å². The molecule has 0 unspecified atom stereocenters. The number of esters is 3. The zero-order valence-electron chi connectivity index (χ0n) is 16.6. The van der Waals surface area contributed by atoms with E-state index in [1.165, 1.54) is 18.7 Å². The summed E-state index contributed by atoms with van der Waals surface area (Å²) in [5.74, 6) is -2.00. The molecule has 1 aliphatic heterocycles. The molecule has 0 aromatic rings. The van der Waals surface area contributed by atoms with Crippen molar-refractivity contribution in [2.45, 2.75) is 54.4 Å². The Morgan fingerprint density at radius 3 is 2.06 bits per heavy atom. The van der Waals surface area contributed by atoms with Crippen LogP contribution in [0.5, 0.6) is 0 Å². The van der Waals surface area contributed by atoms with Crippen molar-refractivity contribution in [3.63, 3.8) is 0 Å². The third-order valence-electron chi connectivity index (χ3n) is 3.58. The number of nitrogens with one attached hydrogen (secondary N) is 1. The van der Waals surface area contributed by atoms with Crippen molar-refractivity contribution in [3.8, 4) is 0 Å². The van der Waals surface area contributed by atoms with Crippen molar-refractivity contribution in [3.05, 3.63) is 0 Å². The zero-order chi connectivity index (χ0) is 23.8. The second kappa shape index (κ2) is 13.1. The molecule has 0 radical (unpaired) electrons. The second-order valence-electron chi connectivity index (χ2n) is 6.13. The maximum atomic E-state index is 12.3. The molecule has 0 spiro atoms. The predicted octanol–water partition coefficient (Wildman–Crippen LogP) is 2.69. The lowest BCUT2D eigenvalue weighted by Gasteiger charge is -2.44. The number of rotatable bonds is 8. The number of amides is 1. The molecule has 1 saturated heterocycles. The average molecular weight is 590 g/mol. The number of halogens is 4. The molecule has 15 heteroatoms. The van der Waals surface area contributed by atoms with Gasteiger partial charge in [0.2, 0.25) is 3.79 Å². The monoisotopic (exact) mass is 587 g/mol. The number of carbonyl (C=O) groups excluding carboxylic acids is 4. The molecule has 0 saturated carbocycles. The quantitative estimate of drug-likeness (QED) is 0.257. The smallest absolute Gasteiger partial charge is 0.407 e. The van der Waals surface area contributed by atoms with Crippen LogP contribution in [0.2, 0.25) is 0 Å². The first kappa shape index (κ1) is 28.4. The maximum absolute atomic E-state index is 12.3. The number of alkyl carbamates (subject to hydrolysis) is 1. The first-order valence-electron chi connectivity index (χ1n) is 8.65. The van der Waals surface area contributed by atoms with E-state index < -0.39 is 64.2 Å². The van der Waals surface area contributed by atoms with Gasteiger partial charge in [-0.3, -0.25) is 14.4 Å². The second-order valence-corrected chi connectivity index (χ2v) is 11.0. The summed E-state index contributed by atoms with van der Waals surface area (Å²) in [6, 6.07) is -1.03. The van der Waals surface area contributed by atoms with E-state index in [-0.39, 0.29) is 6.61 Å². The van der Waals surface area contributed by atoms with Crippen molar-refractivity contribution in [1.82, 2.24) is 5.32 Å². The zero-order valence-corrected chi connectivity index (χ0v) is 21.3. The first-order chi connectivity index (χ1) is 14.3. The van der Waals surface area contributed by atoms with E-state index in [9.17, 15) is 19.2 Å². The van der Waals surface area contributed by atoms with Crippen molar-refractivity contribution < 1.29 is 42.9 Å². The van der Waals surface area contributed by atoms with E-state index in [4.69, 9.17) is 58.5 Å². The van der Waals surface area contributed by atoms with Gasteiger partial charge in [-0.15, -0.1) is 11.8 Å². The number of hydrogen-bond donors (Lipinski definition) is 1. The van der Waals surface area contributed by atoms with Crippen molar-refractivity contribution >= 4 is 86.5 Å². The highest BCUT2D eigenvalue weighted by Gasteiger charge is 2.51. The lowest BCUT2D eigenvalue weighted by molar-refractivity contribution is -0.211. The molecule has 0 aromatic carbocycles. The summed E-state index contributed by atoms with van der Waals surface area (Å²) in [6.45, 7) is 2.66. The summed E-state index contributed by atoms with van der Waals surface area (Å²) in [5, 5.41) is 2.49. The highest BCUT2D eigenvalue weighted by atomic mass is 79.9. The molecule has 10 nitrogen and oxygen atoms in total. The van der Waals surface area contributed by atoms with Crippen LogP contribution in [0.4, 0.5) is 4.79 Å². The number of carbonyl (C=O) groups is 4. The molecule has 5 atom stereocenters. The van der Waals surface area contributed by atoms with Gasteiger partial charge in [-0.25, -0.2) is 4.79 Å². The van der Waals surface area contributed by atoms with E-state index >= 15 is 0 Å². The molecule has 0 aliphatic carbocycles. The van der Waals surface area contributed by atoms with Crippen molar-refractivity contribution in [1.29, 1.82) is 0 Å². The van der Waals surface area contributed by atoms with Gasteiger partial charge in [-0.1, -0.05) is 50.7 Å². The van der Waals surface area contributed by atoms with E-state index in [1.54, 1.807) is 0 Å². The standard InChI is InChI=1S/C16H21BrCl3NO9S/c1-7(22)26-4-10-12(28-8(2)23)13(29-9(3)24)11(14(30-10)31-6-17)21-15(25)27-5-16(18,19)20/h10-14H,4-6H2,1-3H3,(H,21,25)/t10-,11-,12-,13-,14+/m1/s1. The summed E-state index contributed by atoms with van der Waals surface area (Å²) in [7, 11) is 0. The molecule has 0 aromatic heterocycles. The predicted molar refractivity (Wildman–Crippen MR) is 116 cm³/mol. The van der Waals surface area contributed by atoms with E-state index in [1.807, 2.05) is 0 Å². The number of hydrogen-bond acceptors (Lipinski definition) is 10. The van der Waals surface area contributed by atoms with E-state index in [0.717, 1.165) is 13.8 Å². The fourth-order valence-electron chi connectivity index (χ4n) is 2.59.